The second-order valence-electron chi connectivity index (χ2n) is 7.09. The SMILES string of the molecule is O=C1NC2(CCCCCCC2)C(=O)N1CC(O)COc1ccccc1F. The lowest BCUT2D eigenvalue weighted by Crippen LogP contribution is -2.48. The smallest absolute Gasteiger partial charge is 0.325 e. The summed E-state index contributed by atoms with van der Waals surface area (Å²) in [6.07, 6.45) is 5.26. The molecular weight excluding hydrogens is 339 g/mol. The third-order valence-corrected chi connectivity index (χ3v) is 5.11. The van der Waals surface area contributed by atoms with Crippen LogP contribution in [0.2, 0.25) is 0 Å². The van der Waals surface area contributed by atoms with Crippen LogP contribution in [0.4, 0.5) is 9.18 Å². The van der Waals surface area contributed by atoms with Crippen LogP contribution in [0.25, 0.3) is 0 Å². The van der Waals surface area contributed by atoms with Crippen LogP contribution < -0.4 is 10.1 Å². The molecule has 3 rings (SSSR count). The van der Waals surface area contributed by atoms with Crippen molar-refractivity contribution in [2.24, 2.45) is 0 Å². The highest BCUT2D eigenvalue weighted by atomic mass is 19.1. The first-order valence-electron chi connectivity index (χ1n) is 9.21. The van der Waals surface area contributed by atoms with Crippen LogP contribution >= 0.6 is 0 Å². The van der Waals surface area contributed by atoms with E-state index >= 15 is 0 Å². The zero-order valence-corrected chi connectivity index (χ0v) is 14.7. The number of urea groups is 1. The Balaban J connectivity index is 1.59. The molecule has 3 amide bonds. The quantitative estimate of drug-likeness (QED) is 0.787. The van der Waals surface area contributed by atoms with E-state index in [0.717, 1.165) is 37.0 Å². The second-order valence-corrected chi connectivity index (χ2v) is 7.09. The molecule has 1 saturated carbocycles. The normalized spacial score (nSPS) is 21.2. The summed E-state index contributed by atoms with van der Waals surface area (Å²) in [6.45, 7) is -0.369. The van der Waals surface area contributed by atoms with Gasteiger partial charge in [-0.15, -0.1) is 0 Å². The van der Waals surface area contributed by atoms with Crippen molar-refractivity contribution in [2.45, 2.75) is 56.6 Å². The summed E-state index contributed by atoms with van der Waals surface area (Å²) in [5.41, 5.74) is -0.830. The summed E-state index contributed by atoms with van der Waals surface area (Å²) >= 11 is 0. The van der Waals surface area contributed by atoms with E-state index in [1.54, 1.807) is 12.1 Å². The van der Waals surface area contributed by atoms with Crippen LogP contribution in [0.5, 0.6) is 5.75 Å². The fourth-order valence-electron chi connectivity index (χ4n) is 3.70. The molecule has 2 aliphatic rings. The van der Waals surface area contributed by atoms with Gasteiger partial charge in [0.2, 0.25) is 0 Å². The minimum absolute atomic E-state index is 0.0280. The van der Waals surface area contributed by atoms with Gasteiger partial charge in [0.05, 0.1) is 6.54 Å². The van der Waals surface area contributed by atoms with Gasteiger partial charge in [-0.25, -0.2) is 9.18 Å². The van der Waals surface area contributed by atoms with Crippen LogP contribution in [0, 0.1) is 5.82 Å². The van der Waals surface area contributed by atoms with Gasteiger partial charge < -0.3 is 15.2 Å². The number of hydrogen-bond donors (Lipinski definition) is 2. The van der Waals surface area contributed by atoms with Gasteiger partial charge in [-0.2, -0.15) is 0 Å². The highest BCUT2D eigenvalue weighted by molar-refractivity contribution is 6.07. The van der Waals surface area contributed by atoms with E-state index in [1.807, 2.05) is 0 Å². The largest absolute Gasteiger partial charge is 0.488 e. The van der Waals surface area contributed by atoms with E-state index in [2.05, 4.69) is 5.32 Å². The number of imide groups is 1. The van der Waals surface area contributed by atoms with E-state index in [0.29, 0.717) is 12.8 Å². The summed E-state index contributed by atoms with van der Waals surface area (Å²) in [5, 5.41) is 13.0. The summed E-state index contributed by atoms with van der Waals surface area (Å²) in [5.74, 6) is -0.766. The Bertz CT molecular complexity index is 659. The number of β-amino-alcohol motifs (C(OH)–C–C–N with tert-alkyl or cyclic N) is 1. The molecule has 1 aliphatic carbocycles. The van der Waals surface area contributed by atoms with Crippen molar-refractivity contribution in [1.29, 1.82) is 0 Å². The Labute approximate surface area is 152 Å². The molecule has 26 heavy (non-hydrogen) atoms. The Kier molecular flexibility index (Phi) is 5.76. The molecule has 0 aromatic heterocycles. The first-order chi connectivity index (χ1) is 12.5. The second kappa shape index (κ2) is 8.03. The molecule has 2 fully saturated rings. The number of aliphatic hydroxyl groups excluding tert-OH is 1. The number of amides is 3. The molecule has 1 unspecified atom stereocenters. The highest BCUT2D eigenvalue weighted by Crippen LogP contribution is 2.32. The summed E-state index contributed by atoms with van der Waals surface area (Å²) in [6, 6.07) is 5.41. The van der Waals surface area contributed by atoms with Crippen molar-refractivity contribution in [2.75, 3.05) is 13.2 Å². The first-order valence-corrected chi connectivity index (χ1v) is 9.21. The third kappa shape index (κ3) is 3.98. The van der Waals surface area contributed by atoms with Crippen molar-refractivity contribution >= 4 is 11.9 Å². The molecule has 0 radical (unpaired) electrons. The predicted molar refractivity (Wildman–Crippen MR) is 93.2 cm³/mol. The van der Waals surface area contributed by atoms with Crippen molar-refractivity contribution in [3.8, 4) is 5.75 Å². The maximum atomic E-state index is 13.5. The van der Waals surface area contributed by atoms with Crippen molar-refractivity contribution in [1.82, 2.24) is 10.2 Å². The molecule has 1 aliphatic heterocycles. The summed E-state index contributed by atoms with van der Waals surface area (Å²) in [4.78, 5) is 26.2. The number of para-hydroxylation sites is 1. The standard InChI is InChI=1S/C19H25FN2O4/c20-15-8-4-5-9-16(15)26-13-14(23)12-22-17(24)19(21-18(22)25)10-6-2-1-3-7-11-19/h4-5,8-9,14,23H,1-3,6-7,10-13H2,(H,21,25). The van der Waals surface area contributed by atoms with E-state index in [9.17, 15) is 19.1 Å². The number of hydrogen-bond acceptors (Lipinski definition) is 4. The maximum Gasteiger partial charge on any atom is 0.325 e. The van der Waals surface area contributed by atoms with E-state index in [1.165, 1.54) is 12.1 Å². The van der Waals surface area contributed by atoms with Crippen molar-refractivity contribution < 1.29 is 23.8 Å². The fraction of sp³-hybridized carbons (Fsp3) is 0.579. The van der Waals surface area contributed by atoms with E-state index in [-0.39, 0.29) is 24.8 Å². The lowest BCUT2D eigenvalue weighted by atomic mass is 9.84. The molecule has 1 aromatic carbocycles. The number of rotatable bonds is 5. The van der Waals surface area contributed by atoms with Gasteiger partial charge in [-0.05, 0) is 25.0 Å². The molecule has 1 heterocycles. The minimum atomic E-state index is -1.09. The van der Waals surface area contributed by atoms with Gasteiger partial charge in [0, 0.05) is 0 Å². The number of nitrogens with one attached hydrogen (secondary N) is 1. The molecule has 0 bridgehead atoms. The average molecular weight is 364 g/mol. The molecule has 6 nitrogen and oxygen atoms in total. The monoisotopic (exact) mass is 364 g/mol. The molecule has 1 spiro atoms. The van der Waals surface area contributed by atoms with Crippen LogP contribution in [0.3, 0.4) is 0 Å². The van der Waals surface area contributed by atoms with Crippen LogP contribution in [0.1, 0.15) is 44.9 Å². The third-order valence-electron chi connectivity index (χ3n) is 5.11. The number of aliphatic hydroxyl groups is 1. The minimum Gasteiger partial charge on any atom is -0.488 e. The molecule has 1 atom stereocenters. The summed E-state index contributed by atoms with van der Waals surface area (Å²) < 4.78 is 18.8. The first kappa shape index (κ1) is 18.6. The Morgan fingerprint density at radius 1 is 1.15 bits per heavy atom. The van der Waals surface area contributed by atoms with Crippen LogP contribution in [0.15, 0.2) is 24.3 Å². The highest BCUT2D eigenvalue weighted by Gasteiger charge is 2.50. The van der Waals surface area contributed by atoms with Crippen LogP contribution in [-0.4, -0.2) is 46.7 Å². The zero-order valence-electron chi connectivity index (χ0n) is 14.7. The molecule has 2 N–H and O–H groups in total. The zero-order chi connectivity index (χ0) is 18.6. The van der Waals surface area contributed by atoms with E-state index < -0.39 is 23.5 Å². The van der Waals surface area contributed by atoms with Crippen molar-refractivity contribution in [3.05, 3.63) is 30.1 Å². The Hall–Kier alpha value is -2.15. The van der Waals surface area contributed by atoms with Crippen molar-refractivity contribution in [3.63, 3.8) is 0 Å². The molecule has 1 aromatic rings. The predicted octanol–water partition coefficient (Wildman–Crippen LogP) is 2.60. The maximum absolute atomic E-state index is 13.5. The van der Waals surface area contributed by atoms with Gasteiger partial charge in [-0.3, -0.25) is 9.69 Å². The Morgan fingerprint density at radius 2 is 1.81 bits per heavy atom. The molecule has 7 heteroatoms. The topological polar surface area (TPSA) is 78.9 Å². The molecule has 1 saturated heterocycles. The molecule has 142 valence electrons. The average Bonchev–Trinajstić information content (AvgIpc) is 2.83. The van der Waals surface area contributed by atoms with Gasteiger partial charge in [0.25, 0.3) is 5.91 Å². The lowest BCUT2D eigenvalue weighted by Gasteiger charge is -2.28. The van der Waals surface area contributed by atoms with Gasteiger partial charge >= 0.3 is 6.03 Å². The van der Waals surface area contributed by atoms with Gasteiger partial charge in [0.15, 0.2) is 11.6 Å². The number of ether oxygens (including phenoxy) is 1. The summed E-state index contributed by atoms with van der Waals surface area (Å²) in [7, 11) is 0. The van der Waals surface area contributed by atoms with Gasteiger partial charge in [0.1, 0.15) is 18.2 Å². The van der Waals surface area contributed by atoms with E-state index in [4.69, 9.17) is 4.74 Å². The number of halogens is 1. The number of nitrogens with zero attached hydrogens (tertiary/aromatic N) is 1. The number of carbonyl (C=O) groups excluding carboxylic acids is 2. The van der Waals surface area contributed by atoms with Crippen LogP contribution in [-0.2, 0) is 4.79 Å². The Morgan fingerprint density at radius 3 is 2.50 bits per heavy atom. The molecular formula is C19H25FN2O4. The lowest BCUT2D eigenvalue weighted by molar-refractivity contribution is -0.133. The fourth-order valence-corrected chi connectivity index (χ4v) is 3.70. The number of benzene rings is 1. The number of carbonyl (C=O) groups is 2. The van der Waals surface area contributed by atoms with Gasteiger partial charge in [-0.1, -0.05) is 44.2 Å².